The van der Waals surface area contributed by atoms with Crippen LogP contribution in [0.25, 0.3) is 0 Å². The first-order chi connectivity index (χ1) is 10.5. The Labute approximate surface area is 130 Å². The maximum atomic E-state index is 12.7. The number of carbonyl (C=O) groups excluding carboxylic acids is 2. The van der Waals surface area contributed by atoms with Crippen LogP contribution in [-0.2, 0) is 5.54 Å². The van der Waals surface area contributed by atoms with Crippen LogP contribution in [0.3, 0.4) is 0 Å². The normalized spacial score (nSPS) is 13.8. The molecular formula is C19H19NO2. The highest BCUT2D eigenvalue weighted by atomic mass is 16.1. The molecular weight excluding hydrogens is 274 g/mol. The molecule has 3 nitrogen and oxygen atoms in total. The van der Waals surface area contributed by atoms with Crippen molar-refractivity contribution in [2.75, 3.05) is 6.54 Å². The van der Waals surface area contributed by atoms with Crippen LogP contribution in [0.15, 0.2) is 42.5 Å². The Morgan fingerprint density at radius 3 is 2.00 bits per heavy atom. The molecule has 3 heteroatoms. The van der Waals surface area contributed by atoms with Gasteiger partial charge >= 0.3 is 0 Å². The number of benzene rings is 2. The average Bonchev–Trinajstić information content (AvgIpc) is 2.52. The summed E-state index contributed by atoms with van der Waals surface area (Å²) < 4.78 is 0. The van der Waals surface area contributed by atoms with Crippen LogP contribution < -0.4 is 5.32 Å². The van der Waals surface area contributed by atoms with Crippen molar-refractivity contribution in [2.45, 2.75) is 26.3 Å². The van der Waals surface area contributed by atoms with Gasteiger partial charge in [0.1, 0.15) is 0 Å². The van der Waals surface area contributed by atoms with E-state index >= 15 is 0 Å². The van der Waals surface area contributed by atoms with Gasteiger partial charge < -0.3 is 5.32 Å². The van der Waals surface area contributed by atoms with Gasteiger partial charge in [0.15, 0.2) is 11.6 Å². The number of rotatable bonds is 3. The number of nitrogens with one attached hydrogen (secondary N) is 1. The summed E-state index contributed by atoms with van der Waals surface area (Å²) in [5.41, 5.74) is 2.77. The molecule has 2 aromatic carbocycles. The number of hydrogen-bond donors (Lipinski definition) is 1. The smallest absolute Gasteiger partial charge is 0.194 e. The molecule has 0 heterocycles. The second-order valence-electron chi connectivity index (χ2n) is 6.12. The minimum Gasteiger partial charge on any atom is -0.308 e. The minimum absolute atomic E-state index is 0.0700. The molecule has 0 amide bonds. The summed E-state index contributed by atoms with van der Waals surface area (Å²) in [7, 11) is 0. The van der Waals surface area contributed by atoms with Crippen molar-refractivity contribution in [3.05, 3.63) is 70.3 Å². The molecule has 0 bridgehead atoms. The maximum Gasteiger partial charge on any atom is 0.194 e. The first-order valence-corrected chi connectivity index (χ1v) is 7.53. The predicted molar refractivity (Wildman–Crippen MR) is 86.5 cm³/mol. The molecule has 0 fully saturated rings. The van der Waals surface area contributed by atoms with Crippen molar-refractivity contribution in [3.63, 3.8) is 0 Å². The molecule has 2 aromatic rings. The minimum atomic E-state index is -0.246. The molecule has 0 unspecified atom stereocenters. The summed E-state index contributed by atoms with van der Waals surface area (Å²) in [5, 5.41) is 3.39. The second-order valence-corrected chi connectivity index (χ2v) is 6.12. The van der Waals surface area contributed by atoms with Gasteiger partial charge in [-0.1, -0.05) is 37.3 Å². The third-order valence-electron chi connectivity index (χ3n) is 4.27. The highest BCUT2D eigenvalue weighted by Gasteiger charge is 2.31. The van der Waals surface area contributed by atoms with Crippen LogP contribution in [0.1, 0.15) is 58.2 Å². The van der Waals surface area contributed by atoms with Gasteiger partial charge in [0.2, 0.25) is 0 Å². The van der Waals surface area contributed by atoms with Gasteiger partial charge in [-0.3, -0.25) is 9.59 Å². The molecule has 1 aliphatic rings. The monoisotopic (exact) mass is 293 g/mol. The fourth-order valence-electron chi connectivity index (χ4n) is 3.03. The second kappa shape index (κ2) is 5.18. The Morgan fingerprint density at radius 1 is 0.864 bits per heavy atom. The van der Waals surface area contributed by atoms with Crippen molar-refractivity contribution in [1.29, 1.82) is 0 Å². The van der Waals surface area contributed by atoms with Gasteiger partial charge in [-0.25, -0.2) is 0 Å². The molecule has 0 aliphatic heterocycles. The maximum absolute atomic E-state index is 12.7. The summed E-state index contributed by atoms with van der Waals surface area (Å²) in [4.78, 5) is 25.3. The third kappa shape index (κ3) is 2.18. The molecule has 112 valence electrons. The lowest BCUT2D eigenvalue weighted by Crippen LogP contribution is -2.36. The van der Waals surface area contributed by atoms with Crippen LogP contribution in [0.4, 0.5) is 0 Å². The van der Waals surface area contributed by atoms with E-state index in [0.29, 0.717) is 22.3 Å². The number of carbonyl (C=O) groups is 2. The standard InChI is InChI=1S/C19H19NO2/c1-4-20-19(2,3)12-9-10-15-16(11-12)18(22)14-8-6-5-7-13(14)17(15)21/h5-11,20H,4H2,1-3H3. The number of ketones is 2. The van der Waals surface area contributed by atoms with Crippen LogP contribution >= 0.6 is 0 Å². The molecule has 0 saturated carbocycles. The summed E-state index contributed by atoms with van der Waals surface area (Å²) >= 11 is 0. The van der Waals surface area contributed by atoms with Crippen molar-refractivity contribution in [3.8, 4) is 0 Å². The van der Waals surface area contributed by atoms with Gasteiger partial charge in [-0.05, 0) is 38.1 Å². The average molecular weight is 293 g/mol. The summed E-state index contributed by atoms with van der Waals surface area (Å²) in [6, 6.07) is 12.6. The zero-order valence-electron chi connectivity index (χ0n) is 13.1. The van der Waals surface area contributed by atoms with Crippen molar-refractivity contribution in [1.82, 2.24) is 5.32 Å². The zero-order valence-corrected chi connectivity index (χ0v) is 13.1. The summed E-state index contributed by atoms with van der Waals surface area (Å²) in [6.45, 7) is 7.02. The van der Waals surface area contributed by atoms with E-state index in [1.807, 2.05) is 19.1 Å². The fraction of sp³-hybridized carbons (Fsp3) is 0.263. The Kier molecular flexibility index (Phi) is 3.45. The van der Waals surface area contributed by atoms with Crippen LogP contribution in [0, 0.1) is 0 Å². The van der Waals surface area contributed by atoms with E-state index in [-0.39, 0.29) is 17.1 Å². The molecule has 0 saturated heterocycles. The van der Waals surface area contributed by atoms with Gasteiger partial charge in [0.25, 0.3) is 0 Å². The molecule has 0 radical (unpaired) electrons. The number of fused-ring (bicyclic) bond motifs is 2. The first-order valence-electron chi connectivity index (χ1n) is 7.53. The molecule has 22 heavy (non-hydrogen) atoms. The molecule has 3 rings (SSSR count). The fourth-order valence-corrected chi connectivity index (χ4v) is 3.03. The summed E-state index contributed by atoms with van der Waals surface area (Å²) in [6.07, 6.45) is 0. The van der Waals surface area contributed by atoms with E-state index in [9.17, 15) is 9.59 Å². The van der Waals surface area contributed by atoms with Gasteiger partial charge in [-0.2, -0.15) is 0 Å². The quantitative estimate of drug-likeness (QED) is 0.806. The van der Waals surface area contributed by atoms with E-state index in [1.54, 1.807) is 30.3 Å². The SMILES string of the molecule is CCNC(C)(C)c1ccc2c(c1)C(=O)c1ccccc1C2=O. The van der Waals surface area contributed by atoms with E-state index < -0.39 is 0 Å². The van der Waals surface area contributed by atoms with Gasteiger partial charge in [0, 0.05) is 27.8 Å². The Balaban J connectivity index is 2.14. The molecule has 1 N–H and O–H groups in total. The Bertz CT molecular complexity index is 775. The highest BCUT2D eigenvalue weighted by molar-refractivity contribution is 6.28. The zero-order chi connectivity index (χ0) is 15.9. The lowest BCUT2D eigenvalue weighted by Gasteiger charge is -2.28. The van der Waals surface area contributed by atoms with Crippen molar-refractivity contribution in [2.24, 2.45) is 0 Å². The van der Waals surface area contributed by atoms with Gasteiger partial charge in [0.05, 0.1) is 0 Å². The summed E-state index contributed by atoms with van der Waals surface area (Å²) in [5.74, 6) is -0.141. The van der Waals surface area contributed by atoms with E-state index in [0.717, 1.165) is 12.1 Å². The Hall–Kier alpha value is -2.26. The van der Waals surface area contributed by atoms with Gasteiger partial charge in [-0.15, -0.1) is 0 Å². The third-order valence-corrected chi connectivity index (χ3v) is 4.27. The Morgan fingerprint density at radius 2 is 1.41 bits per heavy atom. The highest BCUT2D eigenvalue weighted by Crippen LogP contribution is 2.30. The lowest BCUT2D eigenvalue weighted by atomic mass is 9.81. The van der Waals surface area contributed by atoms with E-state index in [1.165, 1.54) is 0 Å². The molecule has 1 aliphatic carbocycles. The van der Waals surface area contributed by atoms with Crippen molar-refractivity contribution < 1.29 is 9.59 Å². The van der Waals surface area contributed by atoms with Crippen molar-refractivity contribution >= 4 is 11.6 Å². The largest absolute Gasteiger partial charge is 0.308 e. The first kappa shape index (κ1) is 14.7. The van der Waals surface area contributed by atoms with E-state index in [4.69, 9.17) is 0 Å². The topological polar surface area (TPSA) is 46.2 Å². The van der Waals surface area contributed by atoms with Crippen LogP contribution in [0.2, 0.25) is 0 Å². The van der Waals surface area contributed by atoms with E-state index in [2.05, 4.69) is 19.2 Å². The lowest BCUT2D eigenvalue weighted by molar-refractivity contribution is 0.0979. The number of hydrogen-bond acceptors (Lipinski definition) is 3. The van der Waals surface area contributed by atoms with Crippen LogP contribution in [-0.4, -0.2) is 18.1 Å². The molecule has 0 spiro atoms. The molecule has 0 atom stereocenters. The predicted octanol–water partition coefficient (Wildman–Crippen LogP) is 3.31. The van der Waals surface area contributed by atoms with Crippen LogP contribution in [0.5, 0.6) is 0 Å². The molecule has 0 aromatic heterocycles.